The number of para-hydroxylation sites is 1. The van der Waals surface area contributed by atoms with E-state index in [9.17, 15) is 19.5 Å². The van der Waals surface area contributed by atoms with Crippen molar-refractivity contribution in [3.8, 4) is 11.4 Å². The van der Waals surface area contributed by atoms with Crippen molar-refractivity contribution in [2.75, 3.05) is 7.11 Å². The molecule has 1 atom stereocenters. The number of aromatic amines is 1. The van der Waals surface area contributed by atoms with Crippen molar-refractivity contribution in [3.63, 3.8) is 0 Å². The van der Waals surface area contributed by atoms with E-state index in [0.29, 0.717) is 17.0 Å². The summed E-state index contributed by atoms with van der Waals surface area (Å²) in [5.41, 5.74) is 0.846. The third-order valence-electron chi connectivity index (χ3n) is 4.18. The van der Waals surface area contributed by atoms with Gasteiger partial charge in [-0.05, 0) is 29.8 Å². The fourth-order valence-corrected chi connectivity index (χ4v) is 2.78. The van der Waals surface area contributed by atoms with Gasteiger partial charge in [-0.3, -0.25) is 19.5 Å². The second-order valence-corrected chi connectivity index (χ2v) is 6.08. The molecule has 8 heteroatoms. The first kappa shape index (κ1) is 19.0. The highest BCUT2D eigenvalue weighted by Crippen LogP contribution is 2.21. The van der Waals surface area contributed by atoms with Gasteiger partial charge in [0.1, 0.15) is 11.4 Å². The highest BCUT2D eigenvalue weighted by molar-refractivity contribution is 5.92. The van der Waals surface area contributed by atoms with Crippen LogP contribution in [0.1, 0.15) is 28.5 Å². The largest absolute Gasteiger partial charge is 0.497 e. The van der Waals surface area contributed by atoms with Crippen LogP contribution >= 0.6 is 0 Å². The molecule has 0 aliphatic rings. The third-order valence-corrected chi connectivity index (χ3v) is 4.18. The third kappa shape index (κ3) is 4.29. The molecular weight excluding hydrogens is 362 g/mol. The second kappa shape index (κ2) is 8.26. The molecule has 144 valence electrons. The number of ether oxygens (including phenoxy) is 1. The number of carbonyl (C=O) groups is 2. The first-order valence-electron chi connectivity index (χ1n) is 8.52. The van der Waals surface area contributed by atoms with E-state index in [4.69, 9.17) is 4.74 Å². The average Bonchev–Trinajstić information content (AvgIpc) is 3.10. The highest BCUT2D eigenvalue weighted by Gasteiger charge is 2.21. The summed E-state index contributed by atoms with van der Waals surface area (Å²) in [6.07, 6.45) is -0.304. The Morgan fingerprint density at radius 2 is 1.82 bits per heavy atom. The first-order valence-corrected chi connectivity index (χ1v) is 8.52. The SMILES string of the molecule is COc1ccc([C@H](CC(=O)O)NC(=O)c2cc(=O)n(-c3ccccc3)[nH]2)cc1. The number of amides is 1. The van der Waals surface area contributed by atoms with Gasteiger partial charge in [0.2, 0.25) is 0 Å². The number of hydrogen-bond donors (Lipinski definition) is 3. The minimum absolute atomic E-state index is 0.0396. The summed E-state index contributed by atoms with van der Waals surface area (Å²) in [6, 6.07) is 16.0. The fraction of sp³-hybridized carbons (Fsp3) is 0.150. The zero-order chi connectivity index (χ0) is 20.1. The Kier molecular flexibility index (Phi) is 5.59. The lowest BCUT2D eigenvalue weighted by Gasteiger charge is -2.17. The zero-order valence-electron chi connectivity index (χ0n) is 15.1. The Morgan fingerprint density at radius 1 is 1.14 bits per heavy atom. The van der Waals surface area contributed by atoms with Crippen molar-refractivity contribution in [1.29, 1.82) is 0 Å². The summed E-state index contributed by atoms with van der Waals surface area (Å²) >= 11 is 0. The maximum Gasteiger partial charge on any atom is 0.305 e. The molecule has 1 heterocycles. The van der Waals surface area contributed by atoms with E-state index in [1.54, 1.807) is 48.5 Å². The van der Waals surface area contributed by atoms with Crippen molar-refractivity contribution in [2.24, 2.45) is 0 Å². The van der Waals surface area contributed by atoms with Crippen LogP contribution in [-0.4, -0.2) is 33.9 Å². The molecule has 3 N–H and O–H groups in total. The van der Waals surface area contributed by atoms with Gasteiger partial charge in [0.05, 0.1) is 25.3 Å². The Labute approximate surface area is 160 Å². The van der Waals surface area contributed by atoms with Crippen LogP contribution in [0.4, 0.5) is 0 Å². The van der Waals surface area contributed by atoms with Gasteiger partial charge in [-0.15, -0.1) is 0 Å². The standard InChI is InChI=1S/C20H19N3O5/c1-28-15-9-7-13(8-10-15)16(12-19(25)26)21-20(27)17-11-18(24)23(22-17)14-5-3-2-4-6-14/h2-11,16,22H,12H2,1H3,(H,21,27)(H,25,26)/t16-/m0/s1. The van der Waals surface area contributed by atoms with Gasteiger partial charge in [-0.2, -0.15) is 0 Å². The summed E-state index contributed by atoms with van der Waals surface area (Å²) in [4.78, 5) is 36.0. The number of carbonyl (C=O) groups excluding carboxylic acids is 1. The van der Waals surface area contributed by atoms with Gasteiger partial charge < -0.3 is 15.2 Å². The number of H-pyrrole nitrogens is 1. The van der Waals surface area contributed by atoms with Crippen LogP contribution in [0.3, 0.4) is 0 Å². The van der Waals surface area contributed by atoms with Crippen molar-refractivity contribution >= 4 is 11.9 Å². The number of aliphatic carboxylic acids is 1. The van der Waals surface area contributed by atoms with Crippen LogP contribution < -0.4 is 15.6 Å². The topological polar surface area (TPSA) is 113 Å². The minimum atomic E-state index is -1.06. The lowest BCUT2D eigenvalue weighted by Crippen LogP contribution is -2.30. The molecule has 0 unspecified atom stereocenters. The van der Waals surface area contributed by atoms with Gasteiger partial charge >= 0.3 is 5.97 Å². The number of carboxylic acids is 1. The van der Waals surface area contributed by atoms with Crippen molar-refractivity contribution in [1.82, 2.24) is 15.1 Å². The maximum atomic E-state index is 12.6. The maximum absolute atomic E-state index is 12.6. The highest BCUT2D eigenvalue weighted by atomic mass is 16.5. The molecular formula is C20H19N3O5. The van der Waals surface area contributed by atoms with E-state index in [1.807, 2.05) is 6.07 Å². The summed E-state index contributed by atoms with van der Waals surface area (Å²) in [7, 11) is 1.53. The zero-order valence-corrected chi connectivity index (χ0v) is 15.1. The molecule has 0 fully saturated rings. The predicted molar refractivity (Wildman–Crippen MR) is 102 cm³/mol. The normalized spacial score (nSPS) is 11.6. The van der Waals surface area contributed by atoms with E-state index in [0.717, 1.165) is 0 Å². The molecule has 0 bridgehead atoms. The molecule has 3 aromatic rings. The van der Waals surface area contributed by atoms with E-state index in [-0.39, 0.29) is 12.1 Å². The molecule has 0 spiro atoms. The molecule has 3 rings (SSSR count). The van der Waals surface area contributed by atoms with Gasteiger partial charge in [0, 0.05) is 6.07 Å². The molecule has 1 aromatic heterocycles. The number of benzene rings is 2. The second-order valence-electron chi connectivity index (χ2n) is 6.08. The summed E-state index contributed by atoms with van der Waals surface area (Å²) < 4.78 is 6.34. The number of nitrogens with zero attached hydrogens (tertiary/aromatic N) is 1. The monoisotopic (exact) mass is 381 g/mol. The van der Waals surface area contributed by atoms with Crippen molar-refractivity contribution in [2.45, 2.75) is 12.5 Å². The lowest BCUT2D eigenvalue weighted by molar-refractivity contribution is -0.137. The van der Waals surface area contributed by atoms with Crippen LogP contribution in [0.2, 0.25) is 0 Å². The summed E-state index contributed by atoms with van der Waals surface area (Å²) in [6.45, 7) is 0. The van der Waals surface area contributed by atoms with Crippen molar-refractivity contribution in [3.05, 3.63) is 82.3 Å². The van der Waals surface area contributed by atoms with E-state index in [1.165, 1.54) is 17.9 Å². The smallest absolute Gasteiger partial charge is 0.305 e. The van der Waals surface area contributed by atoms with Gasteiger partial charge in [-0.1, -0.05) is 30.3 Å². The molecule has 2 aromatic carbocycles. The van der Waals surface area contributed by atoms with Crippen LogP contribution in [0.15, 0.2) is 65.5 Å². The van der Waals surface area contributed by atoms with Crippen molar-refractivity contribution < 1.29 is 19.4 Å². The van der Waals surface area contributed by atoms with Crippen LogP contribution in [0.25, 0.3) is 5.69 Å². The molecule has 1 amide bonds. The number of methoxy groups -OCH3 is 1. The van der Waals surface area contributed by atoms with Crippen LogP contribution in [0, 0.1) is 0 Å². The van der Waals surface area contributed by atoms with Gasteiger partial charge in [0.15, 0.2) is 0 Å². The van der Waals surface area contributed by atoms with Crippen LogP contribution in [0.5, 0.6) is 5.75 Å². The summed E-state index contributed by atoms with van der Waals surface area (Å²) in [5, 5.41) is 14.6. The average molecular weight is 381 g/mol. The Bertz CT molecular complexity index is 1020. The predicted octanol–water partition coefficient (Wildman–Crippen LogP) is 2.12. The molecule has 8 nitrogen and oxygen atoms in total. The van der Waals surface area contributed by atoms with Crippen LogP contribution in [-0.2, 0) is 4.79 Å². The number of hydrogen-bond acceptors (Lipinski definition) is 4. The molecule has 0 aliphatic heterocycles. The number of nitrogens with one attached hydrogen (secondary N) is 2. The van der Waals surface area contributed by atoms with Gasteiger partial charge in [0.25, 0.3) is 11.5 Å². The summed E-state index contributed by atoms with van der Waals surface area (Å²) in [5.74, 6) is -1.02. The molecule has 28 heavy (non-hydrogen) atoms. The molecule has 0 aliphatic carbocycles. The Hall–Kier alpha value is -3.81. The fourth-order valence-electron chi connectivity index (χ4n) is 2.78. The number of rotatable bonds is 7. The number of aromatic nitrogens is 2. The lowest BCUT2D eigenvalue weighted by atomic mass is 10.0. The van der Waals surface area contributed by atoms with Gasteiger partial charge in [-0.25, -0.2) is 4.68 Å². The van der Waals surface area contributed by atoms with E-state index in [2.05, 4.69) is 10.4 Å². The Balaban J connectivity index is 1.84. The van der Waals surface area contributed by atoms with E-state index < -0.39 is 23.5 Å². The minimum Gasteiger partial charge on any atom is -0.497 e. The number of carboxylic acid groups (broad SMARTS) is 1. The quantitative estimate of drug-likeness (QED) is 0.580. The van der Waals surface area contributed by atoms with E-state index >= 15 is 0 Å². The molecule has 0 saturated heterocycles. The first-order chi connectivity index (χ1) is 13.5. The molecule has 0 radical (unpaired) electrons. The Morgan fingerprint density at radius 3 is 2.43 bits per heavy atom. The molecule has 0 saturated carbocycles.